The topological polar surface area (TPSA) is 83.5 Å². The number of hydrogen-bond acceptors (Lipinski definition) is 4. The maximum atomic E-state index is 12.4. The lowest BCUT2D eigenvalue weighted by Crippen LogP contribution is -2.07. The molecule has 0 amide bonds. The minimum absolute atomic E-state index is 0.166. The first-order valence-corrected chi connectivity index (χ1v) is 14.0. The van der Waals surface area contributed by atoms with Gasteiger partial charge in [0.2, 0.25) is 0 Å². The van der Waals surface area contributed by atoms with Crippen molar-refractivity contribution in [3.8, 4) is 0 Å². The van der Waals surface area contributed by atoms with E-state index in [1.807, 2.05) is 24.3 Å². The summed E-state index contributed by atoms with van der Waals surface area (Å²) in [6, 6.07) is 21.7. The first kappa shape index (κ1) is 26.8. The van der Waals surface area contributed by atoms with Gasteiger partial charge in [-0.3, -0.25) is 0 Å². The summed E-state index contributed by atoms with van der Waals surface area (Å²) < 4.78 is 24.8. The Labute approximate surface area is 213 Å². The number of aromatic carboxylic acids is 1. The normalized spacial score (nSPS) is 11.3. The maximum absolute atomic E-state index is 12.4. The molecule has 35 heavy (non-hydrogen) atoms. The highest BCUT2D eigenvalue weighted by Gasteiger charge is 2.13. The van der Waals surface area contributed by atoms with Crippen LogP contribution in [0.25, 0.3) is 0 Å². The van der Waals surface area contributed by atoms with Crippen molar-refractivity contribution in [2.24, 2.45) is 0 Å². The van der Waals surface area contributed by atoms with Crippen LogP contribution >= 0.6 is 11.6 Å². The summed E-state index contributed by atoms with van der Waals surface area (Å²) in [5.74, 6) is -0.742. The van der Waals surface area contributed by atoms with Crippen LogP contribution in [0.15, 0.2) is 77.7 Å². The highest BCUT2D eigenvalue weighted by molar-refractivity contribution is 7.91. The summed E-state index contributed by atoms with van der Waals surface area (Å²) >= 11 is 5.83. The molecule has 0 heterocycles. The Kier molecular flexibility index (Phi) is 10.2. The third-order valence-corrected chi connectivity index (χ3v) is 8.05. The summed E-state index contributed by atoms with van der Waals surface area (Å²) in [6.45, 7) is 0.868. The molecule has 0 unspecified atom stereocenters. The molecule has 3 aromatic rings. The molecule has 186 valence electrons. The molecule has 3 rings (SSSR count). The number of sulfone groups is 1. The SMILES string of the molecule is O=C(O)c1ccc(CCc2ccccc2NCCCCCCCS(=O)(=O)c2ccc(Cl)cc2)cc1. The van der Waals surface area contributed by atoms with Crippen molar-refractivity contribution < 1.29 is 18.3 Å². The monoisotopic (exact) mass is 513 g/mol. The number of nitrogens with one attached hydrogen (secondary N) is 1. The summed E-state index contributed by atoms with van der Waals surface area (Å²) in [6.07, 6.45) is 6.35. The maximum Gasteiger partial charge on any atom is 0.335 e. The van der Waals surface area contributed by atoms with Gasteiger partial charge in [0.25, 0.3) is 0 Å². The Morgan fingerprint density at radius 3 is 2.17 bits per heavy atom. The number of anilines is 1. The summed E-state index contributed by atoms with van der Waals surface area (Å²) in [4.78, 5) is 11.3. The molecule has 2 N–H and O–H groups in total. The van der Waals surface area contributed by atoms with Crippen molar-refractivity contribution >= 4 is 33.1 Å². The Hall–Kier alpha value is -2.83. The largest absolute Gasteiger partial charge is 0.478 e. The molecule has 3 aromatic carbocycles. The summed E-state index contributed by atoms with van der Waals surface area (Å²) in [5, 5.41) is 13.1. The van der Waals surface area contributed by atoms with Gasteiger partial charge in [0, 0.05) is 17.3 Å². The van der Waals surface area contributed by atoms with Crippen LogP contribution in [0.1, 0.15) is 53.6 Å². The molecule has 0 bridgehead atoms. The van der Waals surface area contributed by atoms with E-state index in [0.717, 1.165) is 56.3 Å². The number of halogens is 1. The Bertz CT molecular complexity index is 1190. The zero-order chi connectivity index (χ0) is 25.1. The van der Waals surface area contributed by atoms with Crippen LogP contribution in [0.4, 0.5) is 5.69 Å². The van der Waals surface area contributed by atoms with Crippen LogP contribution in [0.5, 0.6) is 0 Å². The van der Waals surface area contributed by atoms with Crippen molar-refractivity contribution in [3.63, 3.8) is 0 Å². The van der Waals surface area contributed by atoms with Gasteiger partial charge in [-0.2, -0.15) is 0 Å². The lowest BCUT2D eigenvalue weighted by molar-refractivity contribution is 0.0697. The molecule has 7 heteroatoms. The van der Waals surface area contributed by atoms with Crippen molar-refractivity contribution in [2.75, 3.05) is 17.6 Å². The van der Waals surface area contributed by atoms with Crippen molar-refractivity contribution in [1.82, 2.24) is 0 Å². The molecule has 0 atom stereocenters. The molecule has 0 saturated carbocycles. The fourth-order valence-electron chi connectivity index (χ4n) is 3.93. The number of carboxylic acid groups (broad SMARTS) is 1. The minimum Gasteiger partial charge on any atom is -0.478 e. The third kappa shape index (κ3) is 8.71. The second-order valence-electron chi connectivity index (χ2n) is 8.63. The van der Waals surface area contributed by atoms with Crippen LogP contribution in [-0.4, -0.2) is 31.8 Å². The van der Waals surface area contributed by atoms with E-state index in [1.54, 1.807) is 36.4 Å². The Balaban J connectivity index is 1.34. The van der Waals surface area contributed by atoms with Gasteiger partial charge >= 0.3 is 5.97 Å². The van der Waals surface area contributed by atoms with E-state index in [1.165, 1.54) is 5.56 Å². The van der Waals surface area contributed by atoms with Gasteiger partial charge in [-0.25, -0.2) is 13.2 Å². The van der Waals surface area contributed by atoms with Crippen molar-refractivity contribution in [1.29, 1.82) is 0 Å². The number of hydrogen-bond donors (Lipinski definition) is 2. The Morgan fingerprint density at radius 2 is 1.46 bits per heavy atom. The predicted molar refractivity (Wildman–Crippen MR) is 142 cm³/mol. The molecule has 5 nitrogen and oxygen atoms in total. The number of carboxylic acids is 1. The van der Waals surface area contributed by atoms with Crippen molar-refractivity contribution in [2.45, 2.75) is 49.8 Å². The molecule has 0 aliphatic rings. The standard InChI is InChI=1S/C28H32ClNO4S/c29-25-16-18-26(19-17-25)35(33,34)21-7-3-1-2-6-20-30-27-9-5-4-8-23(27)13-10-22-11-14-24(15-12-22)28(31)32/h4-5,8-9,11-12,14-19,30H,1-3,6-7,10,13,20-21H2,(H,31,32). The number of benzene rings is 3. The molecule has 0 spiro atoms. The number of carbonyl (C=O) groups is 1. The fourth-order valence-corrected chi connectivity index (χ4v) is 5.43. The minimum atomic E-state index is -3.24. The van der Waals surface area contributed by atoms with Gasteiger partial charge in [-0.1, -0.05) is 61.2 Å². The zero-order valence-corrected chi connectivity index (χ0v) is 21.3. The van der Waals surface area contributed by atoms with Gasteiger partial charge in [0.15, 0.2) is 9.84 Å². The molecule has 0 aromatic heterocycles. The zero-order valence-electron chi connectivity index (χ0n) is 19.8. The van der Waals surface area contributed by atoms with Crippen LogP contribution < -0.4 is 5.32 Å². The van der Waals surface area contributed by atoms with Crippen LogP contribution in [0.2, 0.25) is 5.02 Å². The molecule has 0 aliphatic heterocycles. The first-order valence-electron chi connectivity index (χ1n) is 12.0. The van der Waals surface area contributed by atoms with E-state index in [2.05, 4.69) is 17.4 Å². The number of aryl methyl sites for hydroxylation is 2. The second kappa shape index (κ2) is 13.3. The summed E-state index contributed by atoms with van der Waals surface area (Å²) in [7, 11) is -3.24. The molecule has 0 fully saturated rings. The number of para-hydroxylation sites is 1. The molecular weight excluding hydrogens is 482 g/mol. The Morgan fingerprint density at radius 1 is 0.800 bits per heavy atom. The van der Waals surface area contributed by atoms with E-state index in [9.17, 15) is 13.2 Å². The van der Waals surface area contributed by atoms with Gasteiger partial charge in [-0.05, 0) is 79.3 Å². The van der Waals surface area contributed by atoms with Crippen LogP contribution in [-0.2, 0) is 22.7 Å². The molecule has 0 radical (unpaired) electrons. The average molecular weight is 514 g/mol. The molecule has 0 aliphatic carbocycles. The predicted octanol–water partition coefficient (Wildman–Crippen LogP) is 6.66. The van der Waals surface area contributed by atoms with Gasteiger partial charge in [0.05, 0.1) is 16.2 Å². The van der Waals surface area contributed by atoms with E-state index in [4.69, 9.17) is 16.7 Å². The number of unbranched alkanes of at least 4 members (excludes halogenated alkanes) is 4. The van der Waals surface area contributed by atoms with Crippen LogP contribution in [0, 0.1) is 0 Å². The van der Waals surface area contributed by atoms with E-state index >= 15 is 0 Å². The molecule has 0 saturated heterocycles. The van der Waals surface area contributed by atoms with E-state index < -0.39 is 15.8 Å². The smallest absolute Gasteiger partial charge is 0.335 e. The van der Waals surface area contributed by atoms with Crippen LogP contribution in [0.3, 0.4) is 0 Å². The lowest BCUT2D eigenvalue weighted by atomic mass is 10.0. The van der Waals surface area contributed by atoms with E-state index in [-0.39, 0.29) is 5.75 Å². The number of rotatable bonds is 14. The van der Waals surface area contributed by atoms with Gasteiger partial charge in [-0.15, -0.1) is 0 Å². The van der Waals surface area contributed by atoms with E-state index in [0.29, 0.717) is 21.9 Å². The second-order valence-corrected chi connectivity index (χ2v) is 11.2. The lowest BCUT2D eigenvalue weighted by Gasteiger charge is -2.12. The quantitative estimate of drug-likeness (QED) is 0.235. The first-order chi connectivity index (χ1) is 16.8. The third-order valence-electron chi connectivity index (χ3n) is 5.98. The van der Waals surface area contributed by atoms with Gasteiger partial charge < -0.3 is 10.4 Å². The highest BCUT2D eigenvalue weighted by Crippen LogP contribution is 2.19. The summed E-state index contributed by atoms with van der Waals surface area (Å²) in [5.41, 5.74) is 3.79. The van der Waals surface area contributed by atoms with Gasteiger partial charge in [0.1, 0.15) is 0 Å². The molecular formula is C28H32ClNO4S. The average Bonchev–Trinajstić information content (AvgIpc) is 2.85. The fraction of sp³-hybridized carbons (Fsp3) is 0.321. The van der Waals surface area contributed by atoms with Crippen molar-refractivity contribution in [3.05, 3.63) is 94.5 Å². The highest BCUT2D eigenvalue weighted by atomic mass is 35.5.